The Morgan fingerprint density at radius 2 is 2.10 bits per heavy atom. The molecule has 1 saturated heterocycles. The van der Waals surface area contributed by atoms with Gasteiger partial charge in [-0.15, -0.1) is 0 Å². The summed E-state index contributed by atoms with van der Waals surface area (Å²) in [7, 11) is 2.15. The number of hydrogen-bond donors (Lipinski definition) is 1. The number of likely N-dealkylation sites (tertiary alicyclic amines) is 1. The van der Waals surface area contributed by atoms with Gasteiger partial charge in [-0.3, -0.25) is 9.36 Å². The number of carbonyl (C=O) groups excluding carboxylic acids is 1. The molecule has 0 saturated carbocycles. The van der Waals surface area contributed by atoms with E-state index in [9.17, 15) is 4.79 Å². The van der Waals surface area contributed by atoms with Gasteiger partial charge in [0.15, 0.2) is 0 Å². The van der Waals surface area contributed by atoms with Gasteiger partial charge in [0.1, 0.15) is 5.82 Å². The minimum Gasteiger partial charge on any atom is -0.384 e. The van der Waals surface area contributed by atoms with Gasteiger partial charge >= 0.3 is 0 Å². The Kier molecular flexibility index (Phi) is 3.68. The van der Waals surface area contributed by atoms with E-state index in [1.807, 2.05) is 19.2 Å². The zero-order valence-electron chi connectivity index (χ0n) is 12.7. The summed E-state index contributed by atoms with van der Waals surface area (Å²) in [6.07, 6.45) is 4.68. The average molecular weight is 286 g/mol. The summed E-state index contributed by atoms with van der Waals surface area (Å²) in [5.74, 6) is 1.08. The second kappa shape index (κ2) is 5.48. The maximum Gasteiger partial charge on any atom is 0.230 e. The van der Waals surface area contributed by atoms with Crippen molar-refractivity contribution >= 4 is 22.8 Å². The number of hydrogen-bond acceptors (Lipinski definition) is 4. The first-order chi connectivity index (χ1) is 10.1. The number of carbonyl (C=O) groups is 1. The smallest absolute Gasteiger partial charge is 0.230 e. The maximum absolute atomic E-state index is 12.2. The summed E-state index contributed by atoms with van der Waals surface area (Å²) in [5.41, 5.74) is 8.80. The second-order valence-corrected chi connectivity index (χ2v) is 5.88. The molecule has 5 nitrogen and oxygen atoms in total. The van der Waals surface area contributed by atoms with E-state index in [0.717, 1.165) is 37.0 Å². The standard InChI is InChI=1S/C16H22N4O/c1-3-15(21)20-10-12(11-6-8-19(2)9-7-11)16-13(20)4-5-14(17)18-16/h4-5,10-11H,3,6-9H2,1-2H3,(H2,17,18). The van der Waals surface area contributed by atoms with Gasteiger partial charge in [0.2, 0.25) is 5.91 Å². The van der Waals surface area contributed by atoms with Gasteiger partial charge in [-0.1, -0.05) is 6.92 Å². The number of rotatable bonds is 2. The molecule has 0 unspecified atom stereocenters. The van der Waals surface area contributed by atoms with E-state index in [4.69, 9.17) is 5.73 Å². The summed E-state index contributed by atoms with van der Waals surface area (Å²) in [6, 6.07) is 3.67. The number of anilines is 1. The van der Waals surface area contributed by atoms with E-state index in [0.29, 0.717) is 18.2 Å². The van der Waals surface area contributed by atoms with Crippen molar-refractivity contribution in [3.63, 3.8) is 0 Å². The third kappa shape index (κ3) is 2.53. The van der Waals surface area contributed by atoms with Crippen LogP contribution in [0.2, 0.25) is 0 Å². The molecule has 1 aliphatic heterocycles. The van der Waals surface area contributed by atoms with E-state index in [1.165, 1.54) is 5.56 Å². The highest BCUT2D eigenvalue weighted by atomic mass is 16.1. The normalized spacial score (nSPS) is 17.4. The quantitative estimate of drug-likeness (QED) is 0.921. The largest absolute Gasteiger partial charge is 0.384 e. The number of fused-ring (bicyclic) bond motifs is 1. The number of nitrogens with zero attached hydrogens (tertiary/aromatic N) is 3. The lowest BCUT2D eigenvalue weighted by Gasteiger charge is -2.28. The maximum atomic E-state index is 12.2. The fourth-order valence-corrected chi connectivity index (χ4v) is 3.14. The molecular formula is C16H22N4O. The first-order valence-corrected chi connectivity index (χ1v) is 7.59. The van der Waals surface area contributed by atoms with Gasteiger partial charge < -0.3 is 10.6 Å². The van der Waals surface area contributed by atoms with E-state index < -0.39 is 0 Å². The second-order valence-electron chi connectivity index (χ2n) is 5.88. The zero-order valence-corrected chi connectivity index (χ0v) is 12.7. The molecule has 5 heteroatoms. The topological polar surface area (TPSA) is 64.2 Å². The summed E-state index contributed by atoms with van der Waals surface area (Å²) in [4.78, 5) is 19.0. The van der Waals surface area contributed by atoms with E-state index >= 15 is 0 Å². The van der Waals surface area contributed by atoms with Crippen LogP contribution < -0.4 is 5.73 Å². The molecule has 0 radical (unpaired) electrons. The van der Waals surface area contributed by atoms with Crippen LogP contribution >= 0.6 is 0 Å². The van der Waals surface area contributed by atoms with Crippen molar-refractivity contribution in [2.75, 3.05) is 25.9 Å². The van der Waals surface area contributed by atoms with Crippen LogP contribution in [-0.4, -0.2) is 40.5 Å². The molecule has 21 heavy (non-hydrogen) atoms. The molecule has 1 fully saturated rings. The number of pyridine rings is 1. The predicted octanol–water partition coefficient (Wildman–Crippen LogP) is 2.48. The fourth-order valence-electron chi connectivity index (χ4n) is 3.14. The number of piperidine rings is 1. The first-order valence-electron chi connectivity index (χ1n) is 7.59. The van der Waals surface area contributed by atoms with Crippen molar-refractivity contribution < 1.29 is 4.79 Å². The van der Waals surface area contributed by atoms with Gasteiger partial charge in [0.05, 0.1) is 11.0 Å². The Balaban J connectivity index is 2.09. The molecule has 112 valence electrons. The number of aromatic nitrogens is 2. The summed E-state index contributed by atoms with van der Waals surface area (Å²) >= 11 is 0. The molecule has 1 aliphatic rings. The van der Waals surface area contributed by atoms with Gasteiger partial charge in [-0.25, -0.2) is 4.98 Å². The van der Waals surface area contributed by atoms with Crippen LogP contribution in [0.15, 0.2) is 18.3 Å². The van der Waals surface area contributed by atoms with Crippen LogP contribution in [0.25, 0.3) is 11.0 Å². The van der Waals surface area contributed by atoms with Crippen LogP contribution in [0.4, 0.5) is 5.82 Å². The molecule has 2 N–H and O–H groups in total. The third-order valence-corrected chi connectivity index (χ3v) is 4.43. The van der Waals surface area contributed by atoms with Crippen molar-refractivity contribution in [1.82, 2.24) is 14.5 Å². The lowest BCUT2D eigenvalue weighted by molar-refractivity contribution is 0.0914. The molecule has 3 heterocycles. The minimum absolute atomic E-state index is 0.103. The third-order valence-electron chi connectivity index (χ3n) is 4.43. The Hall–Kier alpha value is -1.88. The van der Waals surface area contributed by atoms with Crippen LogP contribution in [0, 0.1) is 0 Å². The van der Waals surface area contributed by atoms with Crippen LogP contribution in [0.1, 0.15) is 42.5 Å². The molecule has 0 spiro atoms. The lowest BCUT2D eigenvalue weighted by atomic mass is 9.90. The summed E-state index contributed by atoms with van der Waals surface area (Å²) in [5, 5.41) is 0. The molecule has 0 aliphatic carbocycles. The minimum atomic E-state index is 0.103. The molecule has 0 atom stereocenters. The highest BCUT2D eigenvalue weighted by Crippen LogP contribution is 2.33. The molecule has 2 aromatic heterocycles. The van der Waals surface area contributed by atoms with E-state index in [1.54, 1.807) is 10.6 Å². The Labute approximate surface area is 124 Å². The summed E-state index contributed by atoms with van der Waals surface area (Å²) in [6.45, 7) is 4.05. The van der Waals surface area contributed by atoms with Gasteiger partial charge in [0.25, 0.3) is 0 Å². The monoisotopic (exact) mass is 286 g/mol. The molecule has 0 bridgehead atoms. The molecule has 3 rings (SSSR count). The Bertz CT molecular complexity index is 668. The molecule has 0 amide bonds. The Morgan fingerprint density at radius 1 is 1.38 bits per heavy atom. The number of nitrogen functional groups attached to an aromatic ring is 1. The SMILES string of the molecule is CCC(=O)n1cc(C2CCN(C)CC2)c2nc(N)ccc21. The highest BCUT2D eigenvalue weighted by molar-refractivity contribution is 5.93. The molecular weight excluding hydrogens is 264 g/mol. The Morgan fingerprint density at radius 3 is 2.76 bits per heavy atom. The van der Waals surface area contributed by atoms with Gasteiger partial charge in [-0.05, 0) is 56.6 Å². The van der Waals surface area contributed by atoms with Crippen LogP contribution in [-0.2, 0) is 0 Å². The lowest BCUT2D eigenvalue weighted by Crippen LogP contribution is -2.29. The number of nitrogens with two attached hydrogens (primary N) is 1. The fraction of sp³-hybridized carbons (Fsp3) is 0.500. The summed E-state index contributed by atoms with van der Waals surface area (Å²) < 4.78 is 1.75. The van der Waals surface area contributed by atoms with Crippen molar-refractivity contribution in [2.45, 2.75) is 32.1 Å². The average Bonchev–Trinajstić information content (AvgIpc) is 2.86. The van der Waals surface area contributed by atoms with Gasteiger partial charge in [-0.2, -0.15) is 0 Å². The van der Waals surface area contributed by atoms with Crippen molar-refractivity contribution in [1.29, 1.82) is 0 Å². The first kappa shape index (κ1) is 14.1. The van der Waals surface area contributed by atoms with E-state index in [2.05, 4.69) is 16.9 Å². The van der Waals surface area contributed by atoms with Crippen molar-refractivity contribution in [3.8, 4) is 0 Å². The van der Waals surface area contributed by atoms with E-state index in [-0.39, 0.29) is 5.91 Å². The molecule has 0 aromatic carbocycles. The van der Waals surface area contributed by atoms with Crippen LogP contribution in [0.5, 0.6) is 0 Å². The zero-order chi connectivity index (χ0) is 15.0. The van der Waals surface area contributed by atoms with Crippen molar-refractivity contribution in [3.05, 3.63) is 23.9 Å². The van der Waals surface area contributed by atoms with Crippen LogP contribution in [0.3, 0.4) is 0 Å². The predicted molar refractivity (Wildman–Crippen MR) is 84.5 cm³/mol. The molecule has 2 aromatic rings. The van der Waals surface area contributed by atoms with Crippen molar-refractivity contribution in [2.24, 2.45) is 0 Å². The highest BCUT2D eigenvalue weighted by Gasteiger charge is 2.24. The van der Waals surface area contributed by atoms with Gasteiger partial charge in [0, 0.05) is 12.6 Å².